The van der Waals surface area contributed by atoms with Crippen molar-refractivity contribution in [2.24, 2.45) is 40.2 Å². The lowest BCUT2D eigenvalue weighted by molar-refractivity contribution is -0.101. The molecule has 7 atom stereocenters. The van der Waals surface area contributed by atoms with Gasteiger partial charge in [-0.05, 0) is 87.4 Å². The second-order valence-electron chi connectivity index (χ2n) is 9.02. The molecule has 1 N–H and O–H groups in total. The van der Waals surface area contributed by atoms with Crippen LogP contribution in [0.2, 0.25) is 0 Å². The molecule has 3 heteroatoms. The number of fused-ring (bicyclic) bond motifs is 5. The van der Waals surface area contributed by atoms with Gasteiger partial charge in [-0.2, -0.15) is 0 Å². The van der Waals surface area contributed by atoms with Gasteiger partial charge in [0.05, 0.1) is 5.71 Å². The molecule has 0 aliphatic heterocycles. The maximum atomic E-state index is 11.0. The summed E-state index contributed by atoms with van der Waals surface area (Å²) in [6, 6.07) is 0. The monoisotopic (exact) mass is 329 g/mol. The number of nitrogens with zero attached hydrogens (tertiary/aromatic N) is 1. The number of aliphatic hydroxyl groups is 1. The van der Waals surface area contributed by atoms with Crippen molar-refractivity contribution < 1.29 is 9.94 Å². The summed E-state index contributed by atoms with van der Waals surface area (Å²) < 4.78 is 0. The molecule has 4 aliphatic rings. The summed E-state index contributed by atoms with van der Waals surface area (Å²) in [5, 5.41) is 15.2. The fourth-order valence-corrected chi connectivity index (χ4v) is 7.14. The third kappa shape index (κ3) is 2.18. The Bertz CT molecular complexity index is 579. The van der Waals surface area contributed by atoms with Crippen molar-refractivity contribution in [3.63, 3.8) is 0 Å². The van der Waals surface area contributed by atoms with E-state index in [0.717, 1.165) is 55.8 Å². The smallest absolute Gasteiger partial charge is 0.130 e. The number of hydrogen-bond acceptors (Lipinski definition) is 3. The van der Waals surface area contributed by atoms with Crippen LogP contribution in [0.25, 0.3) is 0 Å². The molecule has 24 heavy (non-hydrogen) atoms. The van der Waals surface area contributed by atoms with Gasteiger partial charge in [0.15, 0.2) is 0 Å². The number of terminal acetylenes is 1. The lowest BCUT2D eigenvalue weighted by atomic mass is 9.49. The van der Waals surface area contributed by atoms with E-state index in [1.165, 1.54) is 31.4 Å². The highest BCUT2D eigenvalue weighted by atomic mass is 16.6. The Morgan fingerprint density at radius 3 is 2.71 bits per heavy atom. The van der Waals surface area contributed by atoms with Crippen LogP contribution in [0, 0.1) is 47.3 Å². The molecule has 0 unspecified atom stereocenters. The Balaban J connectivity index is 1.55. The van der Waals surface area contributed by atoms with Gasteiger partial charge >= 0.3 is 0 Å². The van der Waals surface area contributed by atoms with E-state index in [-0.39, 0.29) is 5.41 Å². The van der Waals surface area contributed by atoms with Crippen molar-refractivity contribution in [1.82, 2.24) is 0 Å². The highest BCUT2D eigenvalue weighted by Gasteiger charge is 2.62. The Labute approximate surface area is 146 Å². The predicted molar refractivity (Wildman–Crippen MR) is 95.3 cm³/mol. The molecular formula is C21H31NO2. The van der Waals surface area contributed by atoms with Gasteiger partial charge in [-0.1, -0.05) is 18.0 Å². The third-order valence-electron chi connectivity index (χ3n) is 8.39. The first kappa shape index (κ1) is 16.5. The first-order valence-electron chi connectivity index (χ1n) is 9.81. The normalized spacial score (nSPS) is 52.1. The van der Waals surface area contributed by atoms with Gasteiger partial charge in [0, 0.05) is 5.41 Å². The van der Waals surface area contributed by atoms with E-state index >= 15 is 0 Å². The van der Waals surface area contributed by atoms with Gasteiger partial charge in [-0.3, -0.25) is 0 Å². The minimum absolute atomic E-state index is 0.0624. The van der Waals surface area contributed by atoms with Crippen LogP contribution < -0.4 is 0 Å². The second-order valence-corrected chi connectivity index (χ2v) is 9.02. The largest absolute Gasteiger partial charge is 0.399 e. The van der Waals surface area contributed by atoms with Gasteiger partial charge < -0.3 is 9.94 Å². The molecule has 4 aliphatic carbocycles. The van der Waals surface area contributed by atoms with Crippen LogP contribution in [0.3, 0.4) is 0 Å². The fourth-order valence-electron chi connectivity index (χ4n) is 7.14. The van der Waals surface area contributed by atoms with E-state index in [0.29, 0.717) is 5.92 Å². The molecule has 0 aromatic carbocycles. The van der Waals surface area contributed by atoms with Crippen LogP contribution >= 0.6 is 0 Å². The summed E-state index contributed by atoms with van der Waals surface area (Å²) in [5.74, 6) is 6.65. The summed E-state index contributed by atoms with van der Waals surface area (Å²) in [7, 11) is 1.66. The van der Waals surface area contributed by atoms with Crippen molar-refractivity contribution in [3.05, 3.63) is 0 Å². The Kier molecular flexibility index (Phi) is 3.95. The molecule has 0 amide bonds. The van der Waals surface area contributed by atoms with Crippen LogP contribution in [0.15, 0.2) is 5.16 Å². The van der Waals surface area contributed by atoms with Crippen LogP contribution in [0.4, 0.5) is 0 Å². The molecule has 4 rings (SSSR count). The molecule has 3 nitrogen and oxygen atoms in total. The summed E-state index contributed by atoms with van der Waals surface area (Å²) >= 11 is 0. The van der Waals surface area contributed by atoms with Crippen molar-refractivity contribution >= 4 is 5.71 Å². The zero-order valence-electron chi connectivity index (χ0n) is 15.1. The van der Waals surface area contributed by atoms with E-state index in [1.54, 1.807) is 7.11 Å². The topological polar surface area (TPSA) is 41.8 Å². The van der Waals surface area contributed by atoms with E-state index in [1.807, 2.05) is 0 Å². The first-order valence-corrected chi connectivity index (χ1v) is 9.81. The molecule has 0 spiro atoms. The number of rotatable bonds is 1. The average Bonchev–Trinajstić information content (AvgIpc) is 2.87. The van der Waals surface area contributed by atoms with Crippen molar-refractivity contribution in [2.75, 3.05) is 7.11 Å². The molecule has 0 aromatic rings. The van der Waals surface area contributed by atoms with E-state index in [4.69, 9.17) is 11.3 Å². The van der Waals surface area contributed by atoms with Crippen molar-refractivity contribution in [3.8, 4) is 12.3 Å². The van der Waals surface area contributed by atoms with Gasteiger partial charge in [0.1, 0.15) is 12.7 Å². The lowest BCUT2D eigenvalue weighted by Crippen LogP contribution is -2.53. The van der Waals surface area contributed by atoms with Crippen molar-refractivity contribution in [2.45, 2.75) is 70.3 Å². The Morgan fingerprint density at radius 1 is 1.12 bits per heavy atom. The molecule has 0 aromatic heterocycles. The predicted octanol–water partition coefficient (Wildman–Crippen LogP) is 4.01. The Hall–Kier alpha value is -1.01. The number of oxime groups is 1. The van der Waals surface area contributed by atoms with E-state index in [2.05, 4.69) is 18.0 Å². The highest BCUT2D eigenvalue weighted by Crippen LogP contribution is 2.65. The van der Waals surface area contributed by atoms with Crippen LogP contribution in [0.5, 0.6) is 0 Å². The highest BCUT2D eigenvalue weighted by molar-refractivity contribution is 5.85. The van der Waals surface area contributed by atoms with Crippen LogP contribution in [-0.4, -0.2) is 23.5 Å². The summed E-state index contributed by atoms with van der Waals surface area (Å²) in [4.78, 5) is 5.01. The molecule has 0 heterocycles. The minimum Gasteiger partial charge on any atom is -0.399 e. The average molecular weight is 329 g/mol. The fraction of sp³-hybridized carbons (Fsp3) is 0.857. The van der Waals surface area contributed by atoms with Gasteiger partial charge in [0.25, 0.3) is 0 Å². The lowest BCUT2D eigenvalue weighted by Gasteiger charge is -2.56. The second kappa shape index (κ2) is 5.77. The van der Waals surface area contributed by atoms with Gasteiger partial charge in [-0.25, -0.2) is 0 Å². The zero-order valence-corrected chi connectivity index (χ0v) is 15.1. The maximum Gasteiger partial charge on any atom is 0.130 e. The van der Waals surface area contributed by atoms with Gasteiger partial charge in [0.2, 0.25) is 0 Å². The molecule has 4 saturated carbocycles. The van der Waals surface area contributed by atoms with Gasteiger partial charge in [-0.15, -0.1) is 6.42 Å². The van der Waals surface area contributed by atoms with Crippen LogP contribution in [0.1, 0.15) is 64.7 Å². The molecule has 0 bridgehead atoms. The quantitative estimate of drug-likeness (QED) is 0.583. The standard InChI is InChI=1S/C21H31NO2/c1-4-21(23)12-10-19-18-7-5-14-13-15(22-24-3)6-8-16(14)17(18)9-11-20(19,21)2/h1,14,16-19,23H,5-13H2,2-3H3/b22-15-/t14-,16-,17+,18+,19-,20-,21-/m0/s1. The molecule has 132 valence electrons. The first-order chi connectivity index (χ1) is 11.5. The maximum absolute atomic E-state index is 11.0. The summed E-state index contributed by atoms with van der Waals surface area (Å²) in [5.41, 5.74) is 0.331. The van der Waals surface area contributed by atoms with Crippen molar-refractivity contribution in [1.29, 1.82) is 0 Å². The van der Waals surface area contributed by atoms with E-state index < -0.39 is 5.60 Å². The number of hydrogen-bond donors (Lipinski definition) is 1. The minimum atomic E-state index is -0.871. The Morgan fingerprint density at radius 2 is 1.96 bits per heavy atom. The third-order valence-corrected chi connectivity index (χ3v) is 8.39. The summed E-state index contributed by atoms with van der Waals surface area (Å²) in [6.45, 7) is 2.27. The molecular weight excluding hydrogens is 298 g/mol. The van der Waals surface area contributed by atoms with E-state index in [9.17, 15) is 5.11 Å². The molecule has 0 saturated heterocycles. The SMILES string of the molecule is C#C[C@]1(O)CC[C@H]2[C@@H]3CC[C@H]4C/C(=N\OC)CC[C@@H]4[C@H]3CC[C@@]21C. The molecule has 4 fully saturated rings. The summed E-state index contributed by atoms with van der Waals surface area (Å²) in [6.07, 6.45) is 16.2. The van der Waals surface area contributed by atoms with Crippen LogP contribution in [-0.2, 0) is 4.84 Å². The zero-order chi connectivity index (χ0) is 16.9. The molecule has 0 radical (unpaired) electrons.